The molecule has 0 aliphatic carbocycles. The van der Waals surface area contributed by atoms with E-state index in [-0.39, 0.29) is 6.61 Å². The van der Waals surface area contributed by atoms with Gasteiger partial charge in [-0.1, -0.05) is 48.5 Å². The minimum atomic E-state index is 0.0933. The number of imidazole rings is 1. The zero-order valence-electron chi connectivity index (χ0n) is 14.8. The Bertz CT molecular complexity index is 901. The van der Waals surface area contributed by atoms with Gasteiger partial charge < -0.3 is 10.4 Å². The van der Waals surface area contributed by atoms with E-state index >= 15 is 0 Å². The average Bonchev–Trinajstić information content (AvgIpc) is 3.05. The third-order valence-corrected chi connectivity index (χ3v) is 4.83. The normalized spacial score (nSPS) is 15.2. The lowest BCUT2D eigenvalue weighted by molar-refractivity contribution is 0.245. The number of hydrogen-bond donors (Lipinski definition) is 2. The van der Waals surface area contributed by atoms with Crippen LogP contribution in [0, 0.1) is 0 Å². The van der Waals surface area contributed by atoms with Crippen LogP contribution in [0.1, 0.15) is 12.0 Å². The summed E-state index contributed by atoms with van der Waals surface area (Å²) in [7, 11) is 0. The maximum atomic E-state index is 9.13. The van der Waals surface area contributed by atoms with Crippen molar-refractivity contribution in [3.05, 3.63) is 66.2 Å². The number of nitrogens with one attached hydrogen (secondary N) is 1. The van der Waals surface area contributed by atoms with E-state index in [4.69, 9.17) is 5.11 Å². The van der Waals surface area contributed by atoms with Gasteiger partial charge in [-0.3, -0.25) is 9.47 Å². The topological polar surface area (TPSA) is 53.3 Å². The summed E-state index contributed by atoms with van der Waals surface area (Å²) in [5.41, 5.74) is 4.85. The number of aliphatic hydroxyl groups is 1. The molecule has 0 bridgehead atoms. The molecule has 5 heteroatoms. The van der Waals surface area contributed by atoms with Gasteiger partial charge in [0.05, 0.1) is 24.3 Å². The van der Waals surface area contributed by atoms with Gasteiger partial charge in [-0.05, 0) is 29.7 Å². The number of para-hydroxylation sites is 2. The van der Waals surface area contributed by atoms with Crippen molar-refractivity contribution in [2.24, 2.45) is 0 Å². The van der Waals surface area contributed by atoms with Crippen LogP contribution >= 0.6 is 0 Å². The average molecular weight is 348 g/mol. The highest BCUT2D eigenvalue weighted by atomic mass is 16.3. The van der Waals surface area contributed by atoms with Crippen LogP contribution in [0.25, 0.3) is 16.6 Å². The van der Waals surface area contributed by atoms with Crippen molar-refractivity contribution in [1.29, 1.82) is 0 Å². The fourth-order valence-corrected chi connectivity index (χ4v) is 3.48. The first-order valence-electron chi connectivity index (χ1n) is 9.12. The molecule has 0 atom stereocenters. The van der Waals surface area contributed by atoms with Gasteiger partial charge in [0, 0.05) is 19.6 Å². The van der Waals surface area contributed by atoms with Crippen molar-refractivity contribution < 1.29 is 5.11 Å². The molecule has 0 saturated heterocycles. The molecule has 134 valence electrons. The Morgan fingerprint density at radius 3 is 2.62 bits per heavy atom. The van der Waals surface area contributed by atoms with E-state index in [9.17, 15) is 0 Å². The second-order valence-electron chi connectivity index (χ2n) is 6.57. The zero-order valence-corrected chi connectivity index (χ0v) is 14.8. The van der Waals surface area contributed by atoms with Gasteiger partial charge in [0.2, 0.25) is 5.95 Å². The van der Waals surface area contributed by atoms with Crippen LogP contribution in [-0.4, -0.2) is 45.8 Å². The highest BCUT2D eigenvalue weighted by Gasteiger charge is 2.16. The van der Waals surface area contributed by atoms with Crippen LogP contribution in [-0.2, 0) is 6.67 Å². The molecular formula is C21H24N4O. The lowest BCUT2D eigenvalue weighted by Gasteiger charge is -2.27. The number of aliphatic hydroxyl groups excluding tert-OH is 1. The molecule has 0 radical (unpaired) electrons. The largest absolute Gasteiger partial charge is 0.395 e. The molecule has 1 aromatic heterocycles. The quantitative estimate of drug-likeness (QED) is 0.718. The summed E-state index contributed by atoms with van der Waals surface area (Å²) in [4.78, 5) is 7.10. The van der Waals surface area contributed by atoms with Crippen molar-refractivity contribution in [2.45, 2.75) is 13.1 Å². The van der Waals surface area contributed by atoms with Gasteiger partial charge in [0.25, 0.3) is 0 Å². The molecule has 0 saturated carbocycles. The van der Waals surface area contributed by atoms with Crippen LogP contribution in [0.3, 0.4) is 0 Å². The van der Waals surface area contributed by atoms with E-state index in [1.807, 2.05) is 18.2 Å². The van der Waals surface area contributed by atoms with Crippen LogP contribution in [0.5, 0.6) is 0 Å². The molecule has 2 heterocycles. The Balaban J connectivity index is 1.53. The SMILES string of the molecule is OCCNc1nc2ccccc2n1CN1CC=C(c2ccccc2)CC1. The van der Waals surface area contributed by atoms with E-state index in [2.05, 4.69) is 62.2 Å². The zero-order chi connectivity index (χ0) is 17.8. The molecule has 1 aliphatic rings. The lowest BCUT2D eigenvalue weighted by atomic mass is 10.00. The number of hydrogen-bond acceptors (Lipinski definition) is 4. The maximum Gasteiger partial charge on any atom is 0.205 e. The number of benzene rings is 2. The Hall–Kier alpha value is -2.63. The third kappa shape index (κ3) is 3.49. The van der Waals surface area contributed by atoms with Crippen LogP contribution in [0.4, 0.5) is 5.95 Å². The Morgan fingerprint density at radius 2 is 1.85 bits per heavy atom. The Morgan fingerprint density at radius 1 is 1.04 bits per heavy atom. The third-order valence-electron chi connectivity index (χ3n) is 4.83. The van der Waals surface area contributed by atoms with Gasteiger partial charge in [0.1, 0.15) is 0 Å². The van der Waals surface area contributed by atoms with Crippen molar-refractivity contribution >= 4 is 22.6 Å². The smallest absolute Gasteiger partial charge is 0.205 e. The number of rotatable bonds is 6. The van der Waals surface area contributed by atoms with Gasteiger partial charge in [-0.25, -0.2) is 4.98 Å². The van der Waals surface area contributed by atoms with Crippen LogP contribution in [0.2, 0.25) is 0 Å². The highest BCUT2D eigenvalue weighted by molar-refractivity contribution is 5.78. The van der Waals surface area contributed by atoms with Crippen LogP contribution in [0.15, 0.2) is 60.7 Å². The summed E-state index contributed by atoms with van der Waals surface area (Å²) >= 11 is 0. The number of aromatic nitrogens is 2. The Labute approximate surface area is 153 Å². The maximum absolute atomic E-state index is 9.13. The minimum absolute atomic E-state index is 0.0933. The van der Waals surface area contributed by atoms with Gasteiger partial charge in [-0.2, -0.15) is 0 Å². The number of anilines is 1. The lowest BCUT2D eigenvalue weighted by Crippen LogP contribution is -2.31. The number of nitrogens with zero attached hydrogens (tertiary/aromatic N) is 3. The molecule has 4 rings (SSSR count). The molecule has 0 amide bonds. The van der Waals surface area contributed by atoms with E-state index in [0.717, 1.165) is 43.2 Å². The fraction of sp³-hybridized carbons (Fsp3) is 0.286. The van der Waals surface area contributed by atoms with E-state index < -0.39 is 0 Å². The summed E-state index contributed by atoms with van der Waals surface area (Å²) in [5.74, 6) is 0.818. The van der Waals surface area contributed by atoms with E-state index in [0.29, 0.717) is 6.54 Å². The fourth-order valence-electron chi connectivity index (χ4n) is 3.48. The van der Waals surface area contributed by atoms with Gasteiger partial charge in [-0.15, -0.1) is 0 Å². The van der Waals surface area contributed by atoms with Crippen molar-refractivity contribution in [2.75, 3.05) is 31.6 Å². The summed E-state index contributed by atoms with van der Waals surface area (Å²) in [6.07, 6.45) is 3.38. The first-order valence-corrected chi connectivity index (χ1v) is 9.12. The predicted octanol–water partition coefficient (Wildman–Crippen LogP) is 3.19. The monoisotopic (exact) mass is 348 g/mol. The highest BCUT2D eigenvalue weighted by Crippen LogP contribution is 2.24. The molecule has 0 spiro atoms. The second kappa shape index (κ2) is 7.72. The Kier molecular flexibility index (Phi) is 5.00. The van der Waals surface area contributed by atoms with Crippen LogP contribution < -0.4 is 5.32 Å². The molecular weight excluding hydrogens is 324 g/mol. The molecule has 5 nitrogen and oxygen atoms in total. The molecule has 26 heavy (non-hydrogen) atoms. The standard InChI is InChI=1S/C21H24N4O/c26-15-12-22-21-23-19-8-4-5-9-20(19)25(21)16-24-13-10-18(11-14-24)17-6-2-1-3-7-17/h1-10,26H,11-16H2,(H,22,23). The molecule has 3 aromatic rings. The van der Waals surface area contributed by atoms with Gasteiger partial charge in [0.15, 0.2) is 0 Å². The first kappa shape index (κ1) is 16.8. The molecule has 0 unspecified atom stereocenters. The van der Waals surface area contributed by atoms with Crippen molar-refractivity contribution in [1.82, 2.24) is 14.5 Å². The predicted molar refractivity (Wildman–Crippen MR) is 106 cm³/mol. The summed E-state index contributed by atoms with van der Waals surface area (Å²) in [5, 5.41) is 12.4. The molecule has 2 N–H and O–H groups in total. The summed E-state index contributed by atoms with van der Waals surface area (Å²) < 4.78 is 2.20. The van der Waals surface area contributed by atoms with E-state index in [1.165, 1.54) is 11.1 Å². The number of fused-ring (bicyclic) bond motifs is 1. The summed E-state index contributed by atoms with van der Waals surface area (Å²) in [6.45, 7) is 3.33. The first-order chi connectivity index (χ1) is 12.8. The summed E-state index contributed by atoms with van der Waals surface area (Å²) in [6, 6.07) is 18.8. The van der Waals surface area contributed by atoms with E-state index in [1.54, 1.807) is 0 Å². The second-order valence-corrected chi connectivity index (χ2v) is 6.57. The minimum Gasteiger partial charge on any atom is -0.395 e. The molecule has 1 aliphatic heterocycles. The van der Waals surface area contributed by atoms with Crippen molar-refractivity contribution in [3.63, 3.8) is 0 Å². The van der Waals surface area contributed by atoms with Crippen molar-refractivity contribution in [3.8, 4) is 0 Å². The molecule has 0 fully saturated rings. The molecule has 2 aromatic carbocycles. The van der Waals surface area contributed by atoms with Gasteiger partial charge >= 0.3 is 0 Å².